The van der Waals surface area contributed by atoms with Crippen molar-refractivity contribution < 1.29 is 4.79 Å². The van der Waals surface area contributed by atoms with Crippen molar-refractivity contribution in [3.8, 4) is 11.3 Å². The lowest BCUT2D eigenvalue weighted by Gasteiger charge is -2.21. The third-order valence-corrected chi connectivity index (χ3v) is 5.20. The molecule has 1 aliphatic heterocycles. The van der Waals surface area contributed by atoms with E-state index in [-0.39, 0.29) is 6.04 Å². The number of aryl methyl sites for hydroxylation is 1. The monoisotopic (exact) mass is 368 g/mol. The Labute approximate surface area is 157 Å². The largest absolute Gasteiger partial charge is 0.377 e. The molecule has 4 N–H and O–H groups in total. The maximum atomic E-state index is 12.0. The van der Waals surface area contributed by atoms with Crippen LogP contribution in [0.3, 0.4) is 0 Å². The second-order valence-corrected chi connectivity index (χ2v) is 6.85. The second-order valence-electron chi connectivity index (χ2n) is 6.85. The van der Waals surface area contributed by atoms with Crippen LogP contribution in [0.25, 0.3) is 16.9 Å². The molecule has 0 saturated carbocycles. The van der Waals surface area contributed by atoms with Crippen LogP contribution in [0, 0.1) is 5.92 Å². The zero-order valence-corrected chi connectivity index (χ0v) is 15.5. The zero-order valence-electron chi connectivity index (χ0n) is 15.5. The van der Waals surface area contributed by atoms with Gasteiger partial charge in [0.25, 0.3) is 5.91 Å². The van der Waals surface area contributed by atoms with Crippen LogP contribution in [-0.4, -0.2) is 49.4 Å². The van der Waals surface area contributed by atoms with Gasteiger partial charge in [0.2, 0.25) is 0 Å². The summed E-state index contributed by atoms with van der Waals surface area (Å²) in [6, 6.07) is 0.210. The molecule has 1 aliphatic rings. The summed E-state index contributed by atoms with van der Waals surface area (Å²) >= 11 is 0. The smallest absolute Gasteiger partial charge is 0.252 e. The fourth-order valence-corrected chi connectivity index (χ4v) is 3.59. The van der Waals surface area contributed by atoms with E-state index >= 15 is 0 Å². The third-order valence-electron chi connectivity index (χ3n) is 5.20. The highest BCUT2D eigenvalue weighted by Crippen LogP contribution is 2.27. The number of fused-ring (bicyclic) bond motifs is 1. The highest BCUT2D eigenvalue weighted by molar-refractivity contribution is 6.01. The van der Waals surface area contributed by atoms with Crippen LogP contribution in [0.2, 0.25) is 0 Å². The molecule has 4 heterocycles. The van der Waals surface area contributed by atoms with Crippen LogP contribution >= 0.6 is 0 Å². The van der Waals surface area contributed by atoms with Crippen LogP contribution in [0.1, 0.15) is 30.6 Å². The Morgan fingerprint density at radius 3 is 2.85 bits per heavy atom. The van der Waals surface area contributed by atoms with Crippen LogP contribution < -0.4 is 16.4 Å². The summed E-state index contributed by atoms with van der Waals surface area (Å²) in [5.74, 6) is -0.0361. The predicted octanol–water partition coefficient (Wildman–Crippen LogP) is 1.12. The Morgan fingerprint density at radius 1 is 1.30 bits per heavy atom. The summed E-state index contributed by atoms with van der Waals surface area (Å²) in [5, 5.41) is 15.5. The van der Waals surface area contributed by atoms with E-state index in [9.17, 15) is 4.79 Å². The molecule has 1 saturated heterocycles. The number of imidazole rings is 1. The van der Waals surface area contributed by atoms with E-state index in [0.717, 1.165) is 37.3 Å². The molecule has 3 aromatic rings. The van der Waals surface area contributed by atoms with Gasteiger partial charge in [-0.05, 0) is 12.8 Å². The van der Waals surface area contributed by atoms with Crippen molar-refractivity contribution in [3.63, 3.8) is 0 Å². The molecular formula is C18H24N8O. The minimum absolute atomic E-state index is 0.210. The molecular weight excluding hydrogens is 344 g/mol. The number of carbonyl (C=O) groups excluding carboxylic acids is 1. The molecule has 142 valence electrons. The maximum absolute atomic E-state index is 12.0. The van der Waals surface area contributed by atoms with E-state index in [0.29, 0.717) is 22.8 Å². The minimum Gasteiger partial charge on any atom is -0.377 e. The number of nitrogens with one attached hydrogen (secondary N) is 2. The van der Waals surface area contributed by atoms with Crippen LogP contribution in [0.4, 0.5) is 5.69 Å². The average molecular weight is 368 g/mol. The molecule has 0 bridgehead atoms. The van der Waals surface area contributed by atoms with Crippen molar-refractivity contribution in [2.45, 2.75) is 32.9 Å². The van der Waals surface area contributed by atoms with Gasteiger partial charge < -0.3 is 16.4 Å². The quantitative estimate of drug-likeness (QED) is 0.601. The first-order valence-corrected chi connectivity index (χ1v) is 9.29. The lowest BCUT2D eigenvalue weighted by molar-refractivity contribution is 0.100. The van der Waals surface area contributed by atoms with Gasteiger partial charge in [0.15, 0.2) is 5.65 Å². The second kappa shape index (κ2) is 6.99. The lowest BCUT2D eigenvalue weighted by Crippen LogP contribution is -2.30. The van der Waals surface area contributed by atoms with E-state index in [1.165, 1.54) is 6.20 Å². The summed E-state index contributed by atoms with van der Waals surface area (Å²) in [6.07, 6.45) is 8.11. The van der Waals surface area contributed by atoms with Crippen molar-refractivity contribution in [2.24, 2.45) is 11.7 Å². The highest BCUT2D eigenvalue weighted by atomic mass is 16.1. The van der Waals surface area contributed by atoms with Gasteiger partial charge in [-0.2, -0.15) is 10.2 Å². The van der Waals surface area contributed by atoms with Gasteiger partial charge in [-0.3, -0.25) is 9.48 Å². The number of carbonyl (C=O) groups is 1. The normalized spacial score (nSPS) is 19.6. The number of aromatic nitrogens is 5. The number of rotatable bonds is 6. The molecule has 0 aromatic carbocycles. The number of hydrogen-bond donors (Lipinski definition) is 3. The summed E-state index contributed by atoms with van der Waals surface area (Å²) in [7, 11) is 0. The Hall–Kier alpha value is -2.94. The van der Waals surface area contributed by atoms with Crippen molar-refractivity contribution in [1.82, 2.24) is 29.7 Å². The number of primary amides is 1. The zero-order chi connectivity index (χ0) is 19.0. The van der Waals surface area contributed by atoms with Crippen LogP contribution in [0.15, 0.2) is 24.8 Å². The molecule has 4 rings (SSSR count). The Morgan fingerprint density at radius 2 is 2.15 bits per heavy atom. The van der Waals surface area contributed by atoms with Crippen molar-refractivity contribution >= 4 is 17.2 Å². The van der Waals surface area contributed by atoms with Gasteiger partial charge in [-0.15, -0.1) is 0 Å². The average Bonchev–Trinajstić information content (AvgIpc) is 3.39. The molecule has 1 amide bonds. The predicted molar refractivity (Wildman–Crippen MR) is 102 cm³/mol. The molecule has 1 fully saturated rings. The fraction of sp³-hybridized carbons (Fsp3) is 0.444. The number of hydrogen-bond acceptors (Lipinski definition) is 6. The summed E-state index contributed by atoms with van der Waals surface area (Å²) in [6.45, 7) is 6.78. The third kappa shape index (κ3) is 3.14. The SMILES string of the molecule is CC[C@H]1CNC[C@H]1Nc1c(C(N)=O)cnn2cc(-c3cnn(CC)c3)nc12. The molecule has 2 atom stereocenters. The first-order valence-electron chi connectivity index (χ1n) is 9.29. The molecule has 27 heavy (non-hydrogen) atoms. The fourth-order valence-electron chi connectivity index (χ4n) is 3.59. The maximum Gasteiger partial charge on any atom is 0.252 e. The van der Waals surface area contributed by atoms with Crippen molar-refractivity contribution in [1.29, 1.82) is 0 Å². The summed E-state index contributed by atoms with van der Waals surface area (Å²) < 4.78 is 3.52. The number of nitrogens with zero attached hydrogens (tertiary/aromatic N) is 5. The van der Waals surface area contributed by atoms with E-state index in [4.69, 9.17) is 10.7 Å². The van der Waals surface area contributed by atoms with Gasteiger partial charge in [-0.25, -0.2) is 9.50 Å². The molecule has 0 radical (unpaired) electrons. The standard InChI is InChI=1S/C18H24N8O/c1-3-11-5-20-8-14(11)23-16-13(17(19)27)7-22-26-10-15(24-18(16)26)12-6-21-25(4-2)9-12/h6-7,9-11,14,20,23H,3-5,8H2,1-2H3,(H2,19,27)/t11-,14+/m0/s1. The molecule has 9 heteroatoms. The van der Waals surface area contributed by atoms with Gasteiger partial charge in [0, 0.05) is 37.4 Å². The van der Waals surface area contributed by atoms with Crippen molar-refractivity contribution in [3.05, 3.63) is 30.4 Å². The summed E-state index contributed by atoms with van der Waals surface area (Å²) in [4.78, 5) is 16.7. The number of anilines is 1. The van der Waals surface area contributed by atoms with Crippen molar-refractivity contribution in [2.75, 3.05) is 18.4 Å². The molecule has 0 unspecified atom stereocenters. The van der Waals surface area contributed by atoms with Gasteiger partial charge in [0.05, 0.1) is 35.5 Å². The Kier molecular flexibility index (Phi) is 4.53. The van der Waals surface area contributed by atoms with Gasteiger partial charge >= 0.3 is 0 Å². The van der Waals surface area contributed by atoms with E-state index in [1.54, 1.807) is 10.7 Å². The topological polar surface area (TPSA) is 115 Å². The highest BCUT2D eigenvalue weighted by Gasteiger charge is 2.28. The van der Waals surface area contributed by atoms with Crippen LogP contribution in [0.5, 0.6) is 0 Å². The first kappa shape index (κ1) is 17.5. The Balaban J connectivity index is 1.79. The van der Waals surface area contributed by atoms with Gasteiger partial charge in [-0.1, -0.05) is 13.3 Å². The lowest BCUT2D eigenvalue weighted by atomic mass is 10.0. The molecule has 0 aliphatic carbocycles. The van der Waals surface area contributed by atoms with Crippen LogP contribution in [-0.2, 0) is 6.54 Å². The Bertz CT molecular complexity index is 975. The van der Waals surface area contributed by atoms with E-state index in [1.807, 2.05) is 24.0 Å². The number of amides is 1. The minimum atomic E-state index is -0.519. The first-order chi connectivity index (χ1) is 13.1. The molecule has 9 nitrogen and oxygen atoms in total. The van der Waals surface area contributed by atoms with E-state index in [2.05, 4.69) is 27.8 Å². The summed E-state index contributed by atoms with van der Waals surface area (Å²) in [5.41, 5.74) is 8.84. The molecule has 0 spiro atoms. The van der Waals surface area contributed by atoms with Gasteiger partial charge in [0.1, 0.15) is 0 Å². The number of nitrogens with two attached hydrogens (primary N) is 1. The van der Waals surface area contributed by atoms with E-state index < -0.39 is 5.91 Å². The molecule has 3 aromatic heterocycles.